The molecule has 0 saturated carbocycles. The van der Waals surface area contributed by atoms with E-state index >= 15 is 0 Å². The second-order valence-electron chi connectivity index (χ2n) is 7.16. The summed E-state index contributed by atoms with van der Waals surface area (Å²) in [5.41, 5.74) is 9.93. The molecule has 2 aromatic heterocycles. The van der Waals surface area contributed by atoms with Gasteiger partial charge in [0.1, 0.15) is 36.7 Å². The lowest BCUT2D eigenvalue weighted by Crippen LogP contribution is -2.33. The molecule has 1 amide bonds. The minimum Gasteiger partial charge on any atom is -0.394 e. The van der Waals surface area contributed by atoms with Crippen LogP contribution < -0.4 is 17.2 Å². The molecule has 8 N–H and O–H groups in total. The third kappa shape index (κ3) is 5.09. The second-order valence-corrected chi connectivity index (χ2v) is 7.16. The molecule has 0 unspecified atom stereocenters. The number of nitrogens with zero attached hydrogens (tertiary/aromatic N) is 5. The van der Waals surface area contributed by atoms with Crippen LogP contribution in [-0.4, -0.2) is 88.3 Å². The van der Waals surface area contributed by atoms with E-state index in [-0.39, 0.29) is 30.6 Å². The molecule has 4 rings (SSSR count). The first kappa shape index (κ1) is 23.7. The summed E-state index contributed by atoms with van der Waals surface area (Å²) in [5, 5.41) is 40.7. The molecule has 2 fully saturated rings. The minimum atomic E-state index is -1.27. The number of amides is 1. The van der Waals surface area contributed by atoms with Gasteiger partial charge in [-0.05, 0) is 18.9 Å². The molecule has 0 aliphatic carbocycles. The number of aliphatic hydroxyl groups is 4. The Kier molecular flexibility index (Phi) is 7.49. The molecule has 0 radical (unpaired) electrons. The quantitative estimate of drug-likeness (QED) is 0.257. The SMILES string of the molecule is NC(=O)c1ncn([C@@H]2O[C@H](CO)[C@@H](O)[C@H]2O)n1.Nc1ccn([C@H]2CC[C@@H](CO)O2)c(=O)n1. The van der Waals surface area contributed by atoms with Gasteiger partial charge in [0, 0.05) is 6.20 Å². The van der Waals surface area contributed by atoms with Gasteiger partial charge >= 0.3 is 5.69 Å². The predicted octanol–water partition coefficient (Wildman–Crippen LogP) is -3.52. The van der Waals surface area contributed by atoms with Crippen LogP contribution in [0.3, 0.4) is 0 Å². The molecule has 0 aromatic carbocycles. The first-order valence-corrected chi connectivity index (χ1v) is 9.69. The standard InChI is InChI=1S/C9H13N3O3.C8H12N4O5/c10-7-3-4-12(9(14)11-7)8-2-1-6(5-13)15-8;9-6(16)7-10-2-12(11-7)8-5(15)4(14)3(1-13)17-8/h3-4,6,8,13H,1-2,5H2,(H2,10,11,14);2-5,8,13-15H,1H2,(H2,9,16)/t6-,8+;3-,4-,5-,8-/m01/s1. The maximum absolute atomic E-state index is 11.5. The third-order valence-electron chi connectivity index (χ3n) is 4.96. The normalized spacial score (nSPS) is 29.5. The van der Waals surface area contributed by atoms with E-state index in [1.165, 1.54) is 4.57 Å². The second kappa shape index (κ2) is 10.1. The van der Waals surface area contributed by atoms with Crippen LogP contribution in [0, 0.1) is 0 Å². The molecule has 2 aliphatic heterocycles. The smallest absolute Gasteiger partial charge is 0.351 e. The first-order valence-electron chi connectivity index (χ1n) is 9.69. The maximum Gasteiger partial charge on any atom is 0.351 e. The molecule has 0 bridgehead atoms. The molecule has 176 valence electrons. The Morgan fingerprint density at radius 2 is 1.94 bits per heavy atom. The van der Waals surface area contributed by atoms with Crippen molar-refractivity contribution in [3.05, 3.63) is 34.9 Å². The van der Waals surface area contributed by atoms with Crippen LogP contribution in [0.4, 0.5) is 5.82 Å². The summed E-state index contributed by atoms with van der Waals surface area (Å²) in [6.07, 6.45) is -0.758. The monoisotopic (exact) mass is 455 g/mol. The Labute approximate surface area is 180 Å². The number of hydrogen-bond acceptors (Lipinski definition) is 12. The summed E-state index contributed by atoms with van der Waals surface area (Å²) in [5.74, 6) is -0.828. The molecule has 2 aliphatic rings. The van der Waals surface area contributed by atoms with E-state index in [0.29, 0.717) is 6.42 Å². The number of hydrogen-bond donors (Lipinski definition) is 6. The lowest BCUT2D eigenvalue weighted by atomic mass is 10.1. The molecular weight excluding hydrogens is 430 g/mol. The van der Waals surface area contributed by atoms with E-state index in [2.05, 4.69) is 15.1 Å². The molecule has 2 saturated heterocycles. The van der Waals surface area contributed by atoms with Gasteiger partial charge in [0.15, 0.2) is 6.23 Å². The van der Waals surface area contributed by atoms with E-state index in [1.54, 1.807) is 12.3 Å². The molecule has 32 heavy (non-hydrogen) atoms. The Hall–Kier alpha value is -2.95. The first-order chi connectivity index (χ1) is 15.2. The zero-order valence-electron chi connectivity index (χ0n) is 16.8. The Bertz CT molecular complexity index is 982. The van der Waals surface area contributed by atoms with Crippen LogP contribution in [-0.2, 0) is 9.47 Å². The summed E-state index contributed by atoms with van der Waals surface area (Å²) in [6.45, 7) is -0.459. The van der Waals surface area contributed by atoms with Gasteiger partial charge in [-0.25, -0.2) is 14.5 Å². The van der Waals surface area contributed by atoms with Gasteiger partial charge in [-0.1, -0.05) is 0 Å². The molecule has 6 atom stereocenters. The van der Waals surface area contributed by atoms with Crippen molar-refractivity contribution in [1.82, 2.24) is 24.3 Å². The van der Waals surface area contributed by atoms with Crippen molar-refractivity contribution in [2.75, 3.05) is 18.9 Å². The number of carbonyl (C=O) groups is 1. The number of aromatic nitrogens is 5. The number of anilines is 1. The number of carbonyl (C=O) groups excluding carboxylic acids is 1. The average Bonchev–Trinajstić information content (AvgIpc) is 3.49. The fourth-order valence-corrected chi connectivity index (χ4v) is 3.28. The van der Waals surface area contributed by atoms with Crippen LogP contribution in [0.15, 0.2) is 23.4 Å². The predicted molar refractivity (Wildman–Crippen MR) is 105 cm³/mol. The van der Waals surface area contributed by atoms with Gasteiger partial charge in [0.05, 0.1) is 19.3 Å². The molecule has 15 nitrogen and oxygen atoms in total. The van der Waals surface area contributed by atoms with E-state index in [0.717, 1.165) is 17.4 Å². The van der Waals surface area contributed by atoms with Crippen molar-refractivity contribution >= 4 is 11.7 Å². The molecule has 4 heterocycles. The van der Waals surface area contributed by atoms with E-state index in [1.807, 2.05) is 0 Å². The Morgan fingerprint density at radius 3 is 2.47 bits per heavy atom. The number of aliphatic hydroxyl groups excluding tert-OH is 4. The van der Waals surface area contributed by atoms with Crippen LogP contribution in [0.5, 0.6) is 0 Å². The number of nitrogens with two attached hydrogens (primary N) is 2. The summed E-state index contributed by atoms with van der Waals surface area (Å²) in [4.78, 5) is 29.5. The van der Waals surface area contributed by atoms with Crippen molar-refractivity contribution in [3.63, 3.8) is 0 Å². The average molecular weight is 455 g/mol. The van der Waals surface area contributed by atoms with Crippen molar-refractivity contribution < 1.29 is 34.7 Å². The van der Waals surface area contributed by atoms with Crippen molar-refractivity contribution in [2.45, 2.75) is 49.7 Å². The highest BCUT2D eigenvalue weighted by atomic mass is 16.6. The minimum absolute atomic E-state index is 0.0202. The molecule has 0 spiro atoms. The molecule has 15 heteroatoms. The summed E-state index contributed by atoms with van der Waals surface area (Å²) >= 11 is 0. The van der Waals surface area contributed by atoms with Crippen LogP contribution in [0.25, 0.3) is 0 Å². The van der Waals surface area contributed by atoms with Gasteiger partial charge in [-0.15, -0.1) is 5.10 Å². The van der Waals surface area contributed by atoms with E-state index in [9.17, 15) is 19.8 Å². The topological polar surface area (TPSA) is 234 Å². The largest absolute Gasteiger partial charge is 0.394 e. The number of primary amides is 1. The third-order valence-corrected chi connectivity index (χ3v) is 4.96. The van der Waals surface area contributed by atoms with E-state index < -0.39 is 42.7 Å². The highest BCUT2D eigenvalue weighted by molar-refractivity contribution is 5.88. The van der Waals surface area contributed by atoms with Gasteiger partial charge in [0.2, 0.25) is 5.82 Å². The number of rotatable bonds is 5. The lowest BCUT2D eigenvalue weighted by Gasteiger charge is -2.14. The fraction of sp³-hybridized carbons (Fsp3) is 0.588. The van der Waals surface area contributed by atoms with Gasteiger partial charge in [-0.2, -0.15) is 4.98 Å². The zero-order chi connectivity index (χ0) is 23.4. The Balaban J connectivity index is 0.000000182. The number of ether oxygens (including phenoxy) is 2. The summed E-state index contributed by atoms with van der Waals surface area (Å²) in [7, 11) is 0. The van der Waals surface area contributed by atoms with Gasteiger partial charge in [0.25, 0.3) is 5.91 Å². The van der Waals surface area contributed by atoms with Crippen molar-refractivity contribution in [3.8, 4) is 0 Å². The van der Waals surface area contributed by atoms with Crippen LogP contribution in [0.1, 0.15) is 35.9 Å². The fourth-order valence-electron chi connectivity index (χ4n) is 3.28. The summed E-state index contributed by atoms with van der Waals surface area (Å²) in [6, 6.07) is 1.55. The lowest BCUT2D eigenvalue weighted by molar-refractivity contribution is -0.0588. The highest BCUT2D eigenvalue weighted by Crippen LogP contribution is 2.28. The van der Waals surface area contributed by atoms with Gasteiger partial charge in [-0.3, -0.25) is 9.36 Å². The highest BCUT2D eigenvalue weighted by Gasteiger charge is 2.44. The van der Waals surface area contributed by atoms with Crippen molar-refractivity contribution in [2.24, 2.45) is 5.73 Å². The zero-order valence-corrected chi connectivity index (χ0v) is 16.8. The van der Waals surface area contributed by atoms with Crippen molar-refractivity contribution in [1.29, 1.82) is 0 Å². The number of nitrogen functional groups attached to an aromatic ring is 1. The van der Waals surface area contributed by atoms with Gasteiger partial charge < -0.3 is 41.4 Å². The summed E-state index contributed by atoms with van der Waals surface area (Å²) < 4.78 is 13.1. The van der Waals surface area contributed by atoms with E-state index in [4.69, 9.17) is 31.2 Å². The van der Waals surface area contributed by atoms with Crippen LogP contribution in [0.2, 0.25) is 0 Å². The van der Waals surface area contributed by atoms with Crippen LogP contribution >= 0.6 is 0 Å². The molecule has 2 aromatic rings. The molecular formula is C17H25N7O8. The maximum atomic E-state index is 11.5. The Morgan fingerprint density at radius 1 is 1.19 bits per heavy atom.